The molecule has 0 aliphatic carbocycles. The third-order valence-corrected chi connectivity index (χ3v) is 3.58. The standard InChI is InChI=1S/C20H21N3O4/c1-3-26-18-11-16(12-21)9-10-17(18)27-14(2)19(24)23-20(25)22-13-15-7-5-4-6-8-15/h4-11,14H,3,13H2,1-2H3,(H2,22,23,24,25)/t14-/m1/s1. The quantitative estimate of drug-likeness (QED) is 0.784. The summed E-state index contributed by atoms with van der Waals surface area (Å²) in [7, 11) is 0. The highest BCUT2D eigenvalue weighted by molar-refractivity contribution is 5.96. The number of nitrogens with one attached hydrogen (secondary N) is 2. The fourth-order valence-electron chi connectivity index (χ4n) is 2.22. The lowest BCUT2D eigenvalue weighted by Gasteiger charge is -2.17. The van der Waals surface area contributed by atoms with E-state index in [-0.39, 0.29) is 0 Å². The summed E-state index contributed by atoms with van der Waals surface area (Å²) >= 11 is 0. The summed E-state index contributed by atoms with van der Waals surface area (Å²) in [4.78, 5) is 24.0. The van der Waals surface area contributed by atoms with E-state index in [0.29, 0.717) is 30.2 Å². The molecule has 140 valence electrons. The molecule has 2 aromatic rings. The van der Waals surface area contributed by atoms with Gasteiger partial charge in [-0.15, -0.1) is 0 Å². The number of nitriles is 1. The van der Waals surface area contributed by atoms with Crippen molar-refractivity contribution in [2.45, 2.75) is 26.5 Å². The smallest absolute Gasteiger partial charge is 0.321 e. The Morgan fingerprint density at radius 1 is 1.15 bits per heavy atom. The van der Waals surface area contributed by atoms with Gasteiger partial charge in [-0.25, -0.2) is 4.79 Å². The minimum absolute atomic E-state index is 0.305. The molecule has 0 aromatic heterocycles. The van der Waals surface area contributed by atoms with E-state index in [4.69, 9.17) is 14.7 Å². The maximum atomic E-state index is 12.2. The second kappa shape index (κ2) is 9.82. The first kappa shape index (κ1) is 19.8. The van der Waals surface area contributed by atoms with E-state index in [1.54, 1.807) is 19.1 Å². The average Bonchev–Trinajstić information content (AvgIpc) is 2.68. The number of carbonyl (C=O) groups excluding carboxylic acids is 2. The van der Waals surface area contributed by atoms with Gasteiger partial charge in [0.2, 0.25) is 0 Å². The molecule has 0 aliphatic rings. The Morgan fingerprint density at radius 2 is 1.89 bits per heavy atom. The summed E-state index contributed by atoms with van der Waals surface area (Å²) in [6, 6.07) is 15.4. The normalized spacial score (nSPS) is 11.0. The molecule has 27 heavy (non-hydrogen) atoms. The Balaban J connectivity index is 1.91. The van der Waals surface area contributed by atoms with Gasteiger partial charge >= 0.3 is 6.03 Å². The number of hydrogen-bond acceptors (Lipinski definition) is 5. The molecule has 0 bridgehead atoms. The van der Waals surface area contributed by atoms with E-state index < -0.39 is 18.0 Å². The molecule has 2 N–H and O–H groups in total. The van der Waals surface area contributed by atoms with E-state index in [1.165, 1.54) is 13.0 Å². The number of carbonyl (C=O) groups is 2. The number of nitrogens with zero attached hydrogens (tertiary/aromatic N) is 1. The van der Waals surface area contributed by atoms with Crippen molar-refractivity contribution in [1.29, 1.82) is 5.26 Å². The van der Waals surface area contributed by atoms with Crippen LogP contribution in [0.2, 0.25) is 0 Å². The number of imide groups is 1. The zero-order valence-corrected chi connectivity index (χ0v) is 15.2. The van der Waals surface area contributed by atoms with Crippen molar-refractivity contribution in [2.24, 2.45) is 0 Å². The first-order valence-electron chi connectivity index (χ1n) is 8.49. The topological polar surface area (TPSA) is 100 Å². The highest BCUT2D eigenvalue weighted by Gasteiger charge is 2.19. The lowest BCUT2D eigenvalue weighted by atomic mass is 10.2. The number of amides is 3. The molecule has 7 nitrogen and oxygen atoms in total. The van der Waals surface area contributed by atoms with Crippen LogP contribution in [0.4, 0.5) is 4.79 Å². The second-order valence-corrected chi connectivity index (χ2v) is 5.62. The van der Waals surface area contributed by atoms with Gasteiger partial charge in [-0.1, -0.05) is 30.3 Å². The minimum Gasteiger partial charge on any atom is -0.490 e. The zero-order chi connectivity index (χ0) is 19.6. The summed E-state index contributed by atoms with van der Waals surface area (Å²) in [6.07, 6.45) is -0.931. The number of hydrogen-bond donors (Lipinski definition) is 2. The Hall–Kier alpha value is -3.53. The molecule has 7 heteroatoms. The maximum absolute atomic E-state index is 12.2. The maximum Gasteiger partial charge on any atom is 0.321 e. The van der Waals surface area contributed by atoms with Gasteiger partial charge in [0.05, 0.1) is 18.2 Å². The van der Waals surface area contributed by atoms with E-state index in [0.717, 1.165) is 5.56 Å². The molecule has 2 aromatic carbocycles. The van der Waals surface area contributed by atoms with Crippen LogP contribution in [0.5, 0.6) is 11.5 Å². The fraction of sp³-hybridized carbons (Fsp3) is 0.250. The van der Waals surface area contributed by atoms with Crippen LogP contribution in [0.15, 0.2) is 48.5 Å². The zero-order valence-electron chi connectivity index (χ0n) is 15.2. The predicted octanol–water partition coefficient (Wildman–Crippen LogP) is 2.75. The first-order chi connectivity index (χ1) is 13.0. The van der Waals surface area contributed by atoms with Gasteiger partial charge in [-0.05, 0) is 31.5 Å². The van der Waals surface area contributed by atoms with Crippen LogP contribution in [0, 0.1) is 11.3 Å². The third kappa shape index (κ3) is 6.04. The highest BCUT2D eigenvalue weighted by Crippen LogP contribution is 2.29. The Bertz CT molecular complexity index is 831. The Morgan fingerprint density at radius 3 is 2.56 bits per heavy atom. The molecular formula is C20H21N3O4. The molecule has 0 radical (unpaired) electrons. The summed E-state index contributed by atoms with van der Waals surface area (Å²) in [5, 5.41) is 13.8. The SMILES string of the molecule is CCOc1cc(C#N)ccc1O[C@H](C)C(=O)NC(=O)NCc1ccccc1. The van der Waals surface area contributed by atoms with Crippen molar-refractivity contribution >= 4 is 11.9 Å². The van der Waals surface area contributed by atoms with Gasteiger partial charge in [-0.3, -0.25) is 10.1 Å². The van der Waals surface area contributed by atoms with Gasteiger partial charge < -0.3 is 14.8 Å². The van der Waals surface area contributed by atoms with Crippen molar-refractivity contribution < 1.29 is 19.1 Å². The molecule has 0 spiro atoms. The average molecular weight is 367 g/mol. The lowest BCUT2D eigenvalue weighted by Crippen LogP contribution is -2.44. The van der Waals surface area contributed by atoms with E-state index >= 15 is 0 Å². The van der Waals surface area contributed by atoms with Gasteiger partial charge in [-0.2, -0.15) is 5.26 Å². The van der Waals surface area contributed by atoms with Crippen molar-refractivity contribution in [3.63, 3.8) is 0 Å². The molecule has 3 amide bonds. The van der Waals surface area contributed by atoms with E-state index in [2.05, 4.69) is 10.6 Å². The first-order valence-corrected chi connectivity index (χ1v) is 8.49. The van der Waals surface area contributed by atoms with Crippen LogP contribution in [-0.4, -0.2) is 24.6 Å². The molecule has 0 unspecified atom stereocenters. The number of urea groups is 1. The predicted molar refractivity (Wildman–Crippen MR) is 99.2 cm³/mol. The Kier molecular flexibility index (Phi) is 7.20. The van der Waals surface area contributed by atoms with Crippen molar-refractivity contribution in [2.75, 3.05) is 6.61 Å². The summed E-state index contributed by atoms with van der Waals surface area (Å²) in [6.45, 7) is 4.01. The molecule has 2 rings (SSSR count). The molecule has 0 saturated heterocycles. The van der Waals surface area contributed by atoms with Crippen LogP contribution in [0.25, 0.3) is 0 Å². The summed E-state index contributed by atoms with van der Waals surface area (Å²) < 4.78 is 11.0. The molecule has 0 heterocycles. The minimum atomic E-state index is -0.931. The van der Waals surface area contributed by atoms with Gasteiger partial charge in [0.25, 0.3) is 5.91 Å². The van der Waals surface area contributed by atoms with Crippen LogP contribution >= 0.6 is 0 Å². The molecule has 0 saturated carbocycles. The number of benzene rings is 2. The van der Waals surface area contributed by atoms with Crippen LogP contribution < -0.4 is 20.1 Å². The van der Waals surface area contributed by atoms with Gasteiger partial charge in [0.1, 0.15) is 0 Å². The fourth-order valence-corrected chi connectivity index (χ4v) is 2.22. The van der Waals surface area contributed by atoms with Gasteiger partial charge in [0, 0.05) is 12.6 Å². The largest absolute Gasteiger partial charge is 0.490 e. The van der Waals surface area contributed by atoms with Crippen LogP contribution in [0.1, 0.15) is 25.0 Å². The molecule has 0 aliphatic heterocycles. The number of rotatable bonds is 7. The summed E-state index contributed by atoms with van der Waals surface area (Å²) in [5.41, 5.74) is 1.34. The molecule has 0 fully saturated rings. The molecule has 1 atom stereocenters. The highest BCUT2D eigenvalue weighted by atomic mass is 16.5. The van der Waals surface area contributed by atoms with E-state index in [9.17, 15) is 9.59 Å². The second-order valence-electron chi connectivity index (χ2n) is 5.62. The molecular weight excluding hydrogens is 346 g/mol. The van der Waals surface area contributed by atoms with E-state index in [1.807, 2.05) is 36.4 Å². The monoisotopic (exact) mass is 367 g/mol. The van der Waals surface area contributed by atoms with Crippen molar-refractivity contribution in [1.82, 2.24) is 10.6 Å². The summed E-state index contributed by atoms with van der Waals surface area (Å²) in [5.74, 6) is 0.0975. The Labute approximate surface area is 157 Å². The third-order valence-electron chi connectivity index (χ3n) is 3.58. The van der Waals surface area contributed by atoms with Crippen molar-refractivity contribution in [3.8, 4) is 17.6 Å². The van der Waals surface area contributed by atoms with Gasteiger partial charge in [0.15, 0.2) is 17.6 Å². The number of ether oxygens (including phenoxy) is 2. The lowest BCUT2D eigenvalue weighted by molar-refractivity contribution is -0.126. The van der Waals surface area contributed by atoms with Crippen LogP contribution in [-0.2, 0) is 11.3 Å². The van der Waals surface area contributed by atoms with Crippen LogP contribution in [0.3, 0.4) is 0 Å². The van der Waals surface area contributed by atoms with Crippen molar-refractivity contribution in [3.05, 3.63) is 59.7 Å².